The average molecular weight is 329 g/mol. The van der Waals surface area contributed by atoms with E-state index in [4.69, 9.17) is 23.8 Å². The van der Waals surface area contributed by atoms with Crippen molar-refractivity contribution >= 4 is 40.5 Å². The summed E-state index contributed by atoms with van der Waals surface area (Å²) in [5.41, 5.74) is 8.02. The highest BCUT2D eigenvalue weighted by atomic mass is 35.5. The molecule has 0 aliphatic heterocycles. The molecule has 0 saturated carbocycles. The number of hydrogen-bond donors (Lipinski definition) is 3. The van der Waals surface area contributed by atoms with Crippen molar-refractivity contribution in [2.24, 2.45) is 0 Å². The molecule has 0 aliphatic carbocycles. The minimum absolute atomic E-state index is 0.125. The Morgan fingerprint density at radius 1 is 1.29 bits per heavy atom. The summed E-state index contributed by atoms with van der Waals surface area (Å²) in [7, 11) is 3.82. The lowest BCUT2D eigenvalue weighted by atomic mass is 10.1. The fourth-order valence-corrected chi connectivity index (χ4v) is 2.25. The van der Waals surface area contributed by atoms with Crippen molar-refractivity contribution in [3.8, 4) is 0 Å². The predicted octanol–water partition coefficient (Wildman–Crippen LogP) is 2.23. The second-order valence-electron chi connectivity index (χ2n) is 5.12. The number of nitrogens with one attached hydrogen (secondary N) is 3. The molecule has 0 heterocycles. The number of carbonyl (C=O) groups excluding carboxylic acids is 1. The molecule has 21 heavy (non-hydrogen) atoms. The van der Waals surface area contributed by atoms with E-state index in [1.54, 1.807) is 0 Å². The van der Waals surface area contributed by atoms with Gasteiger partial charge in [-0.3, -0.25) is 15.6 Å². The minimum Gasteiger partial charge on any atom is -0.330 e. The van der Waals surface area contributed by atoms with E-state index >= 15 is 0 Å². The molecule has 0 saturated heterocycles. The Labute approximate surface area is 136 Å². The second-order valence-corrected chi connectivity index (χ2v) is 5.93. The summed E-state index contributed by atoms with van der Waals surface area (Å²) in [6.07, 6.45) is 0.396. The maximum Gasteiger partial charge on any atom is 0.239 e. The summed E-state index contributed by atoms with van der Waals surface area (Å²) in [6, 6.07) is 3.86. The van der Waals surface area contributed by atoms with Crippen LogP contribution in [0.15, 0.2) is 12.1 Å². The number of anilines is 1. The van der Waals surface area contributed by atoms with Crippen LogP contribution in [-0.4, -0.2) is 36.6 Å². The number of halogens is 1. The number of nitrogens with zero attached hydrogens (tertiary/aromatic N) is 1. The fraction of sp³-hybridized carbons (Fsp3) is 0.429. The third-order valence-corrected chi connectivity index (χ3v) is 3.27. The van der Waals surface area contributed by atoms with Gasteiger partial charge in [0, 0.05) is 13.0 Å². The van der Waals surface area contributed by atoms with Gasteiger partial charge in [-0.25, -0.2) is 0 Å². The molecule has 3 N–H and O–H groups in total. The molecule has 7 heteroatoms. The van der Waals surface area contributed by atoms with Crippen molar-refractivity contribution in [3.63, 3.8) is 0 Å². The molecular weight excluding hydrogens is 308 g/mol. The van der Waals surface area contributed by atoms with Crippen LogP contribution >= 0.6 is 23.8 Å². The molecule has 0 spiro atoms. The fourth-order valence-electron chi connectivity index (χ4n) is 1.73. The Balaban J connectivity index is 2.50. The van der Waals surface area contributed by atoms with Crippen molar-refractivity contribution in [2.45, 2.75) is 20.3 Å². The lowest BCUT2D eigenvalue weighted by Crippen LogP contribution is -2.44. The molecule has 1 aromatic carbocycles. The monoisotopic (exact) mass is 328 g/mol. The van der Waals surface area contributed by atoms with Crippen LogP contribution in [0.2, 0.25) is 5.02 Å². The van der Waals surface area contributed by atoms with E-state index in [0.29, 0.717) is 23.1 Å². The van der Waals surface area contributed by atoms with Crippen molar-refractivity contribution < 1.29 is 4.79 Å². The van der Waals surface area contributed by atoms with Gasteiger partial charge in [0.05, 0.1) is 10.7 Å². The van der Waals surface area contributed by atoms with Gasteiger partial charge >= 0.3 is 0 Å². The van der Waals surface area contributed by atoms with Crippen LogP contribution in [0, 0.1) is 13.8 Å². The van der Waals surface area contributed by atoms with Crippen molar-refractivity contribution in [1.82, 2.24) is 15.8 Å². The van der Waals surface area contributed by atoms with E-state index in [1.165, 1.54) is 0 Å². The largest absolute Gasteiger partial charge is 0.330 e. The predicted molar refractivity (Wildman–Crippen MR) is 91.6 cm³/mol. The number of carbonyl (C=O) groups is 1. The summed E-state index contributed by atoms with van der Waals surface area (Å²) < 4.78 is 0. The number of aryl methyl sites for hydroxylation is 2. The Bertz CT molecular complexity index is 511. The molecular formula is C14H21ClN4OS. The SMILES string of the molecule is Cc1cc(C)c(NC(=S)NNC(=O)CCN(C)C)c(Cl)c1. The van der Waals surface area contributed by atoms with Crippen molar-refractivity contribution in [3.05, 3.63) is 28.3 Å². The van der Waals surface area contributed by atoms with Crippen LogP contribution in [0.4, 0.5) is 5.69 Å². The molecule has 0 bridgehead atoms. The summed E-state index contributed by atoms with van der Waals surface area (Å²) in [6.45, 7) is 4.60. The topological polar surface area (TPSA) is 56.4 Å². The quantitative estimate of drug-likeness (QED) is 0.584. The van der Waals surface area contributed by atoms with Crippen LogP contribution in [0.1, 0.15) is 17.5 Å². The molecule has 0 radical (unpaired) electrons. The number of rotatable bonds is 4. The summed E-state index contributed by atoms with van der Waals surface area (Å²) in [5, 5.41) is 3.88. The normalized spacial score (nSPS) is 10.4. The standard InChI is InChI=1S/C14H21ClN4OS/c1-9-7-10(2)13(11(15)8-9)16-14(21)18-17-12(20)5-6-19(3)4/h7-8H,5-6H2,1-4H3,(H,17,20)(H2,16,18,21). The molecule has 1 rings (SSSR count). The van der Waals surface area contributed by atoms with Crippen molar-refractivity contribution in [2.75, 3.05) is 26.0 Å². The van der Waals surface area contributed by atoms with E-state index in [2.05, 4.69) is 16.2 Å². The molecule has 5 nitrogen and oxygen atoms in total. The smallest absolute Gasteiger partial charge is 0.239 e. The highest BCUT2D eigenvalue weighted by molar-refractivity contribution is 7.80. The van der Waals surface area contributed by atoms with Gasteiger partial charge in [-0.1, -0.05) is 17.7 Å². The molecule has 0 aromatic heterocycles. The van der Waals surface area contributed by atoms with E-state index in [1.807, 2.05) is 45.0 Å². The Kier molecular flexibility index (Phi) is 6.87. The summed E-state index contributed by atoms with van der Waals surface area (Å²) >= 11 is 11.3. The zero-order valence-electron chi connectivity index (χ0n) is 12.7. The molecule has 1 aromatic rings. The van der Waals surface area contributed by atoms with Gasteiger partial charge in [0.25, 0.3) is 0 Å². The number of hydrazine groups is 1. The highest BCUT2D eigenvalue weighted by Gasteiger charge is 2.08. The van der Waals surface area contributed by atoms with E-state index in [0.717, 1.165) is 16.8 Å². The van der Waals surface area contributed by atoms with E-state index in [-0.39, 0.29) is 5.91 Å². The average Bonchev–Trinajstić information content (AvgIpc) is 2.38. The number of hydrogen-bond acceptors (Lipinski definition) is 3. The molecule has 0 fully saturated rings. The lowest BCUT2D eigenvalue weighted by Gasteiger charge is -2.15. The van der Waals surface area contributed by atoms with Gasteiger partial charge < -0.3 is 10.2 Å². The Hall–Kier alpha value is -1.37. The van der Waals surface area contributed by atoms with Crippen LogP contribution in [0.5, 0.6) is 0 Å². The maximum absolute atomic E-state index is 11.6. The zero-order chi connectivity index (χ0) is 16.0. The van der Waals surface area contributed by atoms with E-state index in [9.17, 15) is 4.79 Å². The summed E-state index contributed by atoms with van der Waals surface area (Å²) in [5.74, 6) is -0.125. The van der Waals surface area contributed by atoms with Gasteiger partial charge in [0.15, 0.2) is 5.11 Å². The highest BCUT2D eigenvalue weighted by Crippen LogP contribution is 2.27. The van der Waals surface area contributed by atoms with Gasteiger partial charge in [-0.2, -0.15) is 0 Å². The third-order valence-electron chi connectivity index (χ3n) is 2.77. The first-order chi connectivity index (χ1) is 9.79. The molecule has 0 atom stereocenters. The van der Waals surface area contributed by atoms with Crippen molar-refractivity contribution in [1.29, 1.82) is 0 Å². The summed E-state index contributed by atoms with van der Waals surface area (Å²) in [4.78, 5) is 13.5. The molecule has 0 aliphatic rings. The van der Waals surface area contributed by atoms with Crippen LogP contribution in [0.3, 0.4) is 0 Å². The first-order valence-corrected chi connectivity index (χ1v) is 7.35. The Morgan fingerprint density at radius 2 is 1.95 bits per heavy atom. The van der Waals surface area contributed by atoms with Gasteiger partial charge in [-0.05, 0) is 57.4 Å². The third kappa shape index (κ3) is 6.29. The number of amides is 1. The second kappa shape index (κ2) is 8.17. The molecule has 0 unspecified atom stereocenters. The van der Waals surface area contributed by atoms with Crippen LogP contribution in [-0.2, 0) is 4.79 Å². The number of thiocarbonyl (C=S) groups is 1. The minimum atomic E-state index is -0.125. The zero-order valence-corrected chi connectivity index (χ0v) is 14.3. The van der Waals surface area contributed by atoms with Gasteiger partial charge in [0.2, 0.25) is 5.91 Å². The van der Waals surface area contributed by atoms with Gasteiger partial charge in [0.1, 0.15) is 0 Å². The van der Waals surface area contributed by atoms with E-state index < -0.39 is 0 Å². The van der Waals surface area contributed by atoms with Crippen LogP contribution in [0.25, 0.3) is 0 Å². The molecule has 116 valence electrons. The van der Waals surface area contributed by atoms with Gasteiger partial charge in [-0.15, -0.1) is 0 Å². The first kappa shape index (κ1) is 17.7. The van der Waals surface area contributed by atoms with Crippen LogP contribution < -0.4 is 16.2 Å². The first-order valence-electron chi connectivity index (χ1n) is 6.57. The maximum atomic E-state index is 11.6. The lowest BCUT2D eigenvalue weighted by molar-refractivity contribution is -0.121. The number of benzene rings is 1. The molecule has 1 amide bonds. The Morgan fingerprint density at radius 3 is 2.52 bits per heavy atom.